The Bertz CT molecular complexity index is 1330. The molecule has 1 aromatic carbocycles. The molecule has 2 N–H and O–H groups in total. The second-order valence-corrected chi connectivity index (χ2v) is 12.2. The van der Waals surface area contributed by atoms with Crippen molar-refractivity contribution in [1.82, 2.24) is 14.5 Å². The number of carbonyl (C=O) groups excluding carboxylic acids is 1. The number of benzene rings is 1. The maximum Gasteiger partial charge on any atom is 0.263 e. The lowest BCUT2D eigenvalue weighted by Crippen LogP contribution is -2.37. The molecule has 9 nitrogen and oxygen atoms in total. The summed E-state index contributed by atoms with van der Waals surface area (Å²) in [6, 6.07) is 7.42. The highest BCUT2D eigenvalue weighted by Gasteiger charge is 2.29. The Labute approximate surface area is 199 Å². The molecular weight excluding hydrogens is 482 g/mol. The largest absolute Gasteiger partial charge is 0.326 e. The van der Waals surface area contributed by atoms with Crippen molar-refractivity contribution in [3.63, 3.8) is 0 Å². The third-order valence-corrected chi connectivity index (χ3v) is 8.33. The van der Waals surface area contributed by atoms with Crippen LogP contribution in [0.3, 0.4) is 0 Å². The summed E-state index contributed by atoms with van der Waals surface area (Å²) < 4.78 is 28.8. The van der Waals surface area contributed by atoms with Gasteiger partial charge in [0.05, 0.1) is 16.5 Å². The second-order valence-electron chi connectivity index (χ2n) is 8.59. The fraction of sp³-hybridized carbons (Fsp3) is 0.333. The van der Waals surface area contributed by atoms with Crippen molar-refractivity contribution in [2.24, 2.45) is 5.92 Å². The molecule has 0 saturated carbocycles. The number of amides is 1. The van der Waals surface area contributed by atoms with E-state index < -0.39 is 15.9 Å². The van der Waals surface area contributed by atoms with Crippen molar-refractivity contribution in [3.8, 4) is 0 Å². The number of nitrogens with zero attached hydrogens (tertiary/aromatic N) is 3. The van der Waals surface area contributed by atoms with E-state index in [1.807, 2.05) is 20.8 Å². The smallest absolute Gasteiger partial charge is 0.263 e. The molecule has 2 aromatic heterocycles. The van der Waals surface area contributed by atoms with Gasteiger partial charge in [0, 0.05) is 41.0 Å². The van der Waals surface area contributed by atoms with Crippen LogP contribution in [0.5, 0.6) is 0 Å². The van der Waals surface area contributed by atoms with E-state index in [2.05, 4.69) is 20.0 Å². The lowest BCUT2D eigenvalue weighted by Gasteiger charge is -2.26. The van der Waals surface area contributed by atoms with Crippen LogP contribution >= 0.6 is 23.1 Å². The fourth-order valence-corrected chi connectivity index (χ4v) is 6.04. The van der Waals surface area contributed by atoms with Crippen LogP contribution in [0.4, 0.5) is 10.8 Å². The van der Waals surface area contributed by atoms with E-state index in [0.717, 1.165) is 5.69 Å². The molecule has 3 aromatic rings. The van der Waals surface area contributed by atoms with E-state index in [1.54, 1.807) is 5.38 Å². The van der Waals surface area contributed by atoms with Gasteiger partial charge in [-0.3, -0.25) is 18.9 Å². The van der Waals surface area contributed by atoms with E-state index in [4.69, 9.17) is 0 Å². The van der Waals surface area contributed by atoms with E-state index >= 15 is 0 Å². The SMILES string of the molecule is CC(C)(C)c1cc(=O)n2c(n1)SCC(C(=O)Nc1ccc(S(=O)(=O)Nc3nccs3)cc1)C2. The highest BCUT2D eigenvalue weighted by atomic mass is 32.2. The average molecular weight is 506 g/mol. The Morgan fingerprint density at radius 3 is 2.58 bits per heavy atom. The Morgan fingerprint density at radius 1 is 1.21 bits per heavy atom. The summed E-state index contributed by atoms with van der Waals surface area (Å²) in [7, 11) is -3.76. The Kier molecular flexibility index (Phi) is 6.34. The number of carbonyl (C=O) groups is 1. The summed E-state index contributed by atoms with van der Waals surface area (Å²) in [5.74, 6) is -0.162. The first-order chi connectivity index (χ1) is 15.5. The number of thiazole rings is 1. The van der Waals surface area contributed by atoms with E-state index in [1.165, 1.54) is 64.2 Å². The molecule has 4 rings (SSSR count). The minimum absolute atomic E-state index is 0.0603. The highest BCUT2D eigenvalue weighted by Crippen LogP contribution is 2.29. The zero-order valence-corrected chi connectivity index (χ0v) is 20.7. The molecule has 0 spiro atoms. The van der Waals surface area contributed by atoms with Crippen LogP contribution in [-0.4, -0.2) is 34.6 Å². The average Bonchev–Trinajstić information content (AvgIpc) is 3.25. The molecule has 0 saturated heterocycles. The van der Waals surface area contributed by atoms with Gasteiger partial charge in [0.1, 0.15) is 0 Å². The van der Waals surface area contributed by atoms with Crippen LogP contribution in [0.15, 0.2) is 56.8 Å². The molecule has 12 heteroatoms. The molecule has 0 aliphatic carbocycles. The number of hydrogen-bond donors (Lipinski definition) is 2. The summed E-state index contributed by atoms with van der Waals surface area (Å²) in [6.07, 6.45) is 1.51. The number of thioether (sulfide) groups is 1. The van der Waals surface area contributed by atoms with Crippen molar-refractivity contribution < 1.29 is 13.2 Å². The van der Waals surface area contributed by atoms with Crippen molar-refractivity contribution in [2.75, 3.05) is 15.8 Å². The highest BCUT2D eigenvalue weighted by molar-refractivity contribution is 7.99. The monoisotopic (exact) mass is 505 g/mol. The first kappa shape index (κ1) is 23.5. The van der Waals surface area contributed by atoms with Gasteiger partial charge in [-0.1, -0.05) is 32.5 Å². The van der Waals surface area contributed by atoms with Gasteiger partial charge < -0.3 is 5.32 Å². The van der Waals surface area contributed by atoms with Crippen LogP contribution in [0, 0.1) is 5.92 Å². The number of nitrogens with one attached hydrogen (secondary N) is 2. The number of sulfonamides is 1. The van der Waals surface area contributed by atoms with Crippen LogP contribution in [0.25, 0.3) is 0 Å². The minimum Gasteiger partial charge on any atom is -0.326 e. The summed E-state index contributed by atoms with van der Waals surface area (Å²) in [5.41, 5.74) is 0.794. The molecule has 1 aliphatic heterocycles. The first-order valence-corrected chi connectivity index (χ1v) is 13.5. The lowest BCUT2D eigenvalue weighted by molar-refractivity contribution is -0.119. The molecule has 0 bridgehead atoms. The van der Waals surface area contributed by atoms with Crippen LogP contribution in [0.2, 0.25) is 0 Å². The number of rotatable bonds is 5. The van der Waals surface area contributed by atoms with E-state index in [0.29, 0.717) is 16.6 Å². The molecule has 3 heterocycles. The molecule has 1 amide bonds. The van der Waals surface area contributed by atoms with Gasteiger partial charge in [-0.15, -0.1) is 11.3 Å². The lowest BCUT2D eigenvalue weighted by atomic mass is 9.92. The van der Waals surface area contributed by atoms with Crippen LogP contribution < -0.4 is 15.6 Å². The number of hydrogen-bond acceptors (Lipinski definition) is 8. The van der Waals surface area contributed by atoms with E-state index in [-0.39, 0.29) is 33.5 Å². The molecule has 33 heavy (non-hydrogen) atoms. The van der Waals surface area contributed by atoms with Crippen molar-refractivity contribution in [2.45, 2.75) is 42.8 Å². The summed E-state index contributed by atoms with van der Waals surface area (Å²) in [4.78, 5) is 34.0. The molecule has 1 unspecified atom stereocenters. The van der Waals surface area contributed by atoms with Crippen molar-refractivity contribution >= 4 is 49.8 Å². The van der Waals surface area contributed by atoms with Crippen LogP contribution in [-0.2, 0) is 26.8 Å². The predicted octanol–water partition coefficient (Wildman–Crippen LogP) is 3.16. The number of aromatic nitrogens is 3. The molecule has 0 fully saturated rings. The Hall–Kier alpha value is -2.70. The molecule has 0 radical (unpaired) electrons. The zero-order valence-electron chi connectivity index (χ0n) is 18.2. The molecule has 174 valence electrons. The normalized spacial score (nSPS) is 16.2. The minimum atomic E-state index is -3.76. The Morgan fingerprint density at radius 2 is 1.94 bits per heavy atom. The number of fused-ring (bicyclic) bond motifs is 1. The molecule has 1 atom stereocenters. The summed E-state index contributed by atoms with van der Waals surface area (Å²) in [6.45, 7) is 6.25. The van der Waals surface area contributed by atoms with Crippen LogP contribution in [0.1, 0.15) is 26.5 Å². The standard InChI is InChI=1S/C21H23N5O4S3/c1-21(2,3)16-10-17(27)26-11-13(12-32-20(26)24-16)18(28)23-14-4-6-15(7-5-14)33(29,30)25-19-22-8-9-31-19/h4-10,13H,11-12H2,1-3H3,(H,22,25)(H,23,28). The Balaban J connectivity index is 1.44. The summed E-state index contributed by atoms with van der Waals surface area (Å²) in [5, 5.41) is 5.38. The molecule has 1 aliphatic rings. The number of anilines is 2. The predicted molar refractivity (Wildman–Crippen MR) is 129 cm³/mol. The molecular formula is C21H23N5O4S3. The van der Waals surface area contributed by atoms with Gasteiger partial charge in [-0.05, 0) is 24.3 Å². The third kappa shape index (κ3) is 5.28. The maximum atomic E-state index is 12.8. The second kappa shape index (κ2) is 8.92. The van der Waals surface area contributed by atoms with Gasteiger partial charge in [0.2, 0.25) is 5.91 Å². The zero-order chi connectivity index (χ0) is 23.8. The van der Waals surface area contributed by atoms with Crippen molar-refractivity contribution in [1.29, 1.82) is 0 Å². The van der Waals surface area contributed by atoms with Gasteiger partial charge in [-0.2, -0.15) is 0 Å². The van der Waals surface area contributed by atoms with Crippen molar-refractivity contribution in [3.05, 3.63) is 58.0 Å². The maximum absolute atomic E-state index is 12.8. The van der Waals surface area contributed by atoms with E-state index in [9.17, 15) is 18.0 Å². The quantitative estimate of drug-likeness (QED) is 0.511. The third-order valence-electron chi connectivity index (χ3n) is 5.02. The first-order valence-electron chi connectivity index (χ1n) is 10.1. The summed E-state index contributed by atoms with van der Waals surface area (Å²) >= 11 is 2.57. The fourth-order valence-electron chi connectivity index (χ4n) is 3.16. The van der Waals surface area contributed by atoms with Gasteiger partial charge in [0.25, 0.3) is 15.6 Å². The van der Waals surface area contributed by atoms with Gasteiger partial charge in [-0.25, -0.2) is 18.4 Å². The van der Waals surface area contributed by atoms with Gasteiger partial charge >= 0.3 is 0 Å². The van der Waals surface area contributed by atoms with Gasteiger partial charge in [0.15, 0.2) is 10.3 Å². The topological polar surface area (TPSA) is 123 Å².